The molecule has 3 heterocycles. The van der Waals surface area contributed by atoms with Gasteiger partial charge in [0, 0.05) is 24.8 Å². The molecule has 106 valence electrons. The third-order valence-corrected chi connectivity index (χ3v) is 2.95. The number of rotatable bonds is 4. The first-order chi connectivity index (χ1) is 10.9. The molecule has 0 saturated carbocycles. The molecule has 0 aromatic carbocycles. The summed E-state index contributed by atoms with van der Waals surface area (Å²) in [6.07, 6.45) is 18.3. The van der Waals surface area contributed by atoms with E-state index >= 15 is 0 Å². The second-order valence-corrected chi connectivity index (χ2v) is 4.61. The molecule has 3 aromatic heterocycles. The molecule has 0 fully saturated rings. The summed E-state index contributed by atoms with van der Waals surface area (Å²) < 4.78 is 0. The highest BCUT2D eigenvalue weighted by atomic mass is 14.8. The summed E-state index contributed by atoms with van der Waals surface area (Å²) in [6.45, 7) is 0. The molecular weight excluding hydrogens is 272 g/mol. The first-order valence-corrected chi connectivity index (χ1v) is 6.88. The Balaban J connectivity index is 1.68. The Hall–Kier alpha value is -3.14. The summed E-state index contributed by atoms with van der Waals surface area (Å²) in [5, 5.41) is 0. The van der Waals surface area contributed by atoms with Crippen molar-refractivity contribution in [2.45, 2.75) is 0 Å². The van der Waals surface area contributed by atoms with Crippen LogP contribution in [0.4, 0.5) is 0 Å². The smallest absolute Gasteiger partial charge is 0.0813 e. The number of nitrogens with zero attached hydrogens (tertiary/aromatic N) is 4. The van der Waals surface area contributed by atoms with Crippen LogP contribution in [0.1, 0.15) is 22.5 Å². The monoisotopic (exact) mass is 286 g/mol. The van der Waals surface area contributed by atoms with Gasteiger partial charge >= 0.3 is 0 Å². The Labute approximate surface area is 129 Å². The van der Waals surface area contributed by atoms with Crippen molar-refractivity contribution in [3.05, 3.63) is 84.0 Å². The van der Waals surface area contributed by atoms with Gasteiger partial charge in [0.2, 0.25) is 0 Å². The van der Waals surface area contributed by atoms with Crippen LogP contribution in [0.5, 0.6) is 0 Å². The molecule has 4 heteroatoms. The molecule has 4 nitrogen and oxygen atoms in total. The molecule has 0 atom stereocenters. The third kappa shape index (κ3) is 3.93. The highest BCUT2D eigenvalue weighted by molar-refractivity contribution is 5.69. The molecule has 22 heavy (non-hydrogen) atoms. The number of aromatic nitrogens is 4. The van der Waals surface area contributed by atoms with E-state index in [1.165, 1.54) is 0 Å². The van der Waals surface area contributed by atoms with Crippen molar-refractivity contribution < 1.29 is 0 Å². The Bertz CT molecular complexity index is 695. The van der Waals surface area contributed by atoms with Crippen LogP contribution in [0.25, 0.3) is 24.3 Å². The molecule has 0 spiro atoms. The topological polar surface area (TPSA) is 51.6 Å². The van der Waals surface area contributed by atoms with Gasteiger partial charge in [0.25, 0.3) is 0 Å². The average Bonchev–Trinajstić information content (AvgIpc) is 2.61. The average molecular weight is 286 g/mol. The largest absolute Gasteiger partial charge is 0.264 e. The molecule has 0 bridgehead atoms. The zero-order chi connectivity index (χ0) is 15.0. The second-order valence-electron chi connectivity index (χ2n) is 4.61. The first-order valence-electron chi connectivity index (χ1n) is 6.88. The van der Waals surface area contributed by atoms with E-state index < -0.39 is 0 Å². The highest BCUT2D eigenvalue weighted by Crippen LogP contribution is 2.07. The molecule has 0 N–H and O–H groups in total. The fourth-order valence-corrected chi connectivity index (χ4v) is 1.83. The van der Waals surface area contributed by atoms with E-state index in [1.54, 1.807) is 37.2 Å². The molecule has 0 radical (unpaired) electrons. The summed E-state index contributed by atoms with van der Waals surface area (Å²) in [6, 6.07) is 7.78. The normalized spacial score (nSPS) is 11.3. The van der Waals surface area contributed by atoms with Gasteiger partial charge in [-0.05, 0) is 35.4 Å². The number of hydrogen-bond donors (Lipinski definition) is 0. The van der Waals surface area contributed by atoms with E-state index in [9.17, 15) is 0 Å². The van der Waals surface area contributed by atoms with Gasteiger partial charge in [-0.15, -0.1) is 0 Å². The summed E-state index contributed by atoms with van der Waals surface area (Å²) in [5.41, 5.74) is 3.68. The molecule has 0 unspecified atom stereocenters. The molecule has 0 saturated heterocycles. The first kappa shape index (κ1) is 13.8. The Morgan fingerprint density at radius 1 is 0.591 bits per heavy atom. The van der Waals surface area contributed by atoms with E-state index in [2.05, 4.69) is 19.9 Å². The van der Waals surface area contributed by atoms with Gasteiger partial charge in [0.1, 0.15) is 0 Å². The van der Waals surface area contributed by atoms with E-state index in [1.807, 2.05) is 48.6 Å². The van der Waals surface area contributed by atoms with E-state index in [0.29, 0.717) is 0 Å². The van der Waals surface area contributed by atoms with Crippen molar-refractivity contribution in [2.24, 2.45) is 0 Å². The van der Waals surface area contributed by atoms with Crippen LogP contribution in [0, 0.1) is 0 Å². The molecule has 3 aromatic rings. The minimum atomic E-state index is 0.808. The Kier molecular flexibility index (Phi) is 4.42. The summed E-state index contributed by atoms with van der Waals surface area (Å²) in [7, 11) is 0. The van der Waals surface area contributed by atoms with Crippen LogP contribution in [0.3, 0.4) is 0 Å². The molecule has 0 aliphatic carbocycles. The van der Waals surface area contributed by atoms with Gasteiger partial charge < -0.3 is 0 Å². The lowest BCUT2D eigenvalue weighted by Gasteiger charge is -1.95. The van der Waals surface area contributed by atoms with Gasteiger partial charge in [-0.1, -0.05) is 24.3 Å². The quantitative estimate of drug-likeness (QED) is 0.735. The van der Waals surface area contributed by atoms with Crippen LogP contribution in [-0.4, -0.2) is 19.9 Å². The molecule has 0 amide bonds. The summed E-state index contributed by atoms with van der Waals surface area (Å²) >= 11 is 0. The predicted molar refractivity (Wildman–Crippen MR) is 88.4 cm³/mol. The summed E-state index contributed by atoms with van der Waals surface area (Å²) in [4.78, 5) is 16.9. The number of hydrogen-bond acceptors (Lipinski definition) is 4. The SMILES string of the molecule is C(=C\c1cnc(/C=C/c2cccnc2)cn1)/c1cccnc1. The van der Waals surface area contributed by atoms with Gasteiger partial charge in [0.05, 0.1) is 23.8 Å². The van der Waals surface area contributed by atoms with E-state index in [-0.39, 0.29) is 0 Å². The van der Waals surface area contributed by atoms with Crippen molar-refractivity contribution in [3.8, 4) is 0 Å². The number of pyridine rings is 2. The minimum Gasteiger partial charge on any atom is -0.264 e. The van der Waals surface area contributed by atoms with Crippen molar-refractivity contribution in [1.82, 2.24) is 19.9 Å². The van der Waals surface area contributed by atoms with Crippen molar-refractivity contribution >= 4 is 24.3 Å². The maximum absolute atomic E-state index is 4.37. The van der Waals surface area contributed by atoms with E-state index in [4.69, 9.17) is 0 Å². The molecule has 3 rings (SSSR count). The Morgan fingerprint density at radius 3 is 1.45 bits per heavy atom. The van der Waals surface area contributed by atoms with E-state index in [0.717, 1.165) is 22.5 Å². The zero-order valence-electron chi connectivity index (χ0n) is 11.9. The van der Waals surface area contributed by atoms with Gasteiger partial charge in [-0.25, -0.2) is 0 Å². The minimum absolute atomic E-state index is 0.808. The van der Waals surface area contributed by atoms with Crippen LogP contribution in [-0.2, 0) is 0 Å². The lowest BCUT2D eigenvalue weighted by molar-refractivity contribution is 1.16. The fraction of sp³-hybridized carbons (Fsp3) is 0. The van der Waals surface area contributed by atoms with Crippen molar-refractivity contribution in [2.75, 3.05) is 0 Å². The standard InChI is InChI=1S/C18H14N4/c1-3-15(11-19-9-1)5-7-17-13-22-18(14-21-17)8-6-16-4-2-10-20-12-16/h1-14H/b7-5+,8-6+. The molecular formula is C18H14N4. The maximum Gasteiger partial charge on any atom is 0.0813 e. The third-order valence-electron chi connectivity index (χ3n) is 2.95. The second kappa shape index (κ2) is 7.04. The van der Waals surface area contributed by atoms with Gasteiger partial charge in [-0.3, -0.25) is 19.9 Å². The molecule has 0 aliphatic rings. The van der Waals surface area contributed by atoms with Crippen LogP contribution in [0.15, 0.2) is 61.4 Å². The zero-order valence-corrected chi connectivity index (χ0v) is 11.9. The highest BCUT2D eigenvalue weighted by Gasteiger charge is 1.93. The lowest BCUT2D eigenvalue weighted by Crippen LogP contribution is -1.86. The van der Waals surface area contributed by atoms with Gasteiger partial charge in [-0.2, -0.15) is 0 Å². The Morgan fingerprint density at radius 2 is 1.09 bits per heavy atom. The van der Waals surface area contributed by atoms with Crippen LogP contribution in [0.2, 0.25) is 0 Å². The maximum atomic E-state index is 4.37. The predicted octanol–water partition coefficient (Wildman–Crippen LogP) is 3.61. The van der Waals surface area contributed by atoms with Crippen molar-refractivity contribution in [1.29, 1.82) is 0 Å². The fourth-order valence-electron chi connectivity index (χ4n) is 1.83. The van der Waals surface area contributed by atoms with Crippen LogP contribution < -0.4 is 0 Å². The van der Waals surface area contributed by atoms with Crippen molar-refractivity contribution in [3.63, 3.8) is 0 Å². The lowest BCUT2D eigenvalue weighted by atomic mass is 10.2. The summed E-state index contributed by atoms with van der Waals surface area (Å²) in [5.74, 6) is 0. The van der Waals surface area contributed by atoms with Crippen LogP contribution >= 0.6 is 0 Å². The molecule has 0 aliphatic heterocycles. The van der Waals surface area contributed by atoms with Gasteiger partial charge in [0.15, 0.2) is 0 Å².